The number of aromatic nitrogens is 1. The Hall–Kier alpha value is -1.30. The molecule has 1 aromatic carbocycles. The highest BCUT2D eigenvalue weighted by Crippen LogP contribution is 2.25. The van der Waals surface area contributed by atoms with Crippen LogP contribution in [0.3, 0.4) is 0 Å². The van der Waals surface area contributed by atoms with Crippen molar-refractivity contribution in [3.8, 4) is 0 Å². The fourth-order valence-electron chi connectivity index (χ4n) is 2.83. The maximum absolute atomic E-state index is 12.2. The van der Waals surface area contributed by atoms with E-state index in [0.717, 1.165) is 42.5 Å². The third kappa shape index (κ3) is 4.12. The van der Waals surface area contributed by atoms with Gasteiger partial charge in [0.05, 0.1) is 0 Å². The molecule has 2 unspecified atom stereocenters. The van der Waals surface area contributed by atoms with Crippen LogP contribution in [0.25, 0.3) is 11.1 Å². The van der Waals surface area contributed by atoms with E-state index in [4.69, 9.17) is 10.2 Å². The minimum atomic E-state index is 0. The van der Waals surface area contributed by atoms with Crippen LogP contribution < -0.4 is 11.1 Å². The van der Waals surface area contributed by atoms with Gasteiger partial charge in [-0.05, 0) is 37.5 Å². The third-order valence-electron chi connectivity index (χ3n) is 3.85. The van der Waals surface area contributed by atoms with Crippen molar-refractivity contribution in [2.75, 3.05) is 5.32 Å². The Balaban J connectivity index is 0.00000121. The van der Waals surface area contributed by atoms with Crippen molar-refractivity contribution in [1.29, 1.82) is 0 Å². The van der Waals surface area contributed by atoms with E-state index >= 15 is 0 Å². The Kier molecular flexibility index (Phi) is 6.66. The number of nitrogens with one attached hydrogen (secondary N) is 1. The minimum Gasteiger partial charge on any atom is -0.441 e. The number of aryl methyl sites for hydroxylation is 1. The van der Waals surface area contributed by atoms with Gasteiger partial charge in [0.15, 0.2) is 11.5 Å². The number of nitrogens with two attached hydrogens (primary N) is 1. The van der Waals surface area contributed by atoms with E-state index < -0.39 is 0 Å². The second-order valence-electron chi connectivity index (χ2n) is 5.53. The lowest BCUT2D eigenvalue weighted by atomic mass is 9.85. The molecule has 1 amide bonds. The van der Waals surface area contributed by atoms with Gasteiger partial charge in [0, 0.05) is 24.6 Å². The Morgan fingerprint density at radius 3 is 2.86 bits per heavy atom. The van der Waals surface area contributed by atoms with Crippen LogP contribution in [0.2, 0.25) is 0 Å². The number of hydrogen-bond acceptors (Lipinski definition) is 4. The van der Waals surface area contributed by atoms with Gasteiger partial charge < -0.3 is 15.5 Å². The first-order valence-corrected chi connectivity index (χ1v) is 7.05. The maximum Gasteiger partial charge on any atom is 0.227 e. The first kappa shape index (κ1) is 18.7. The van der Waals surface area contributed by atoms with Crippen molar-refractivity contribution < 1.29 is 9.21 Å². The van der Waals surface area contributed by atoms with Crippen LogP contribution in [0.4, 0.5) is 5.69 Å². The van der Waals surface area contributed by atoms with Crippen molar-refractivity contribution in [3.63, 3.8) is 0 Å². The van der Waals surface area contributed by atoms with Crippen molar-refractivity contribution in [2.45, 2.75) is 38.6 Å². The first-order valence-electron chi connectivity index (χ1n) is 7.05. The zero-order valence-electron chi connectivity index (χ0n) is 12.4. The molecule has 3 N–H and O–H groups in total. The molecule has 1 fully saturated rings. The first-order chi connectivity index (χ1) is 9.61. The Bertz CT molecular complexity index is 645. The Morgan fingerprint density at radius 1 is 1.36 bits per heavy atom. The SMILES string of the molecule is Cc1nc2cc(NC(=O)C3CCCC(N)C3)ccc2o1.Cl.Cl. The molecule has 5 nitrogen and oxygen atoms in total. The fourth-order valence-corrected chi connectivity index (χ4v) is 2.83. The average molecular weight is 346 g/mol. The molecule has 2 atom stereocenters. The van der Waals surface area contributed by atoms with Gasteiger partial charge in [-0.2, -0.15) is 0 Å². The summed E-state index contributed by atoms with van der Waals surface area (Å²) in [5, 5.41) is 2.96. The summed E-state index contributed by atoms with van der Waals surface area (Å²) >= 11 is 0. The van der Waals surface area contributed by atoms with E-state index in [1.54, 1.807) is 0 Å². The largest absolute Gasteiger partial charge is 0.441 e. The van der Waals surface area contributed by atoms with Crippen molar-refractivity contribution >= 4 is 47.5 Å². The molecule has 0 radical (unpaired) electrons. The number of halogens is 2. The zero-order valence-corrected chi connectivity index (χ0v) is 14.0. The summed E-state index contributed by atoms with van der Waals surface area (Å²) < 4.78 is 5.42. The van der Waals surface area contributed by atoms with Crippen LogP contribution >= 0.6 is 24.8 Å². The summed E-state index contributed by atoms with van der Waals surface area (Å²) in [4.78, 5) is 16.5. The van der Waals surface area contributed by atoms with Crippen molar-refractivity contribution in [1.82, 2.24) is 4.98 Å². The van der Waals surface area contributed by atoms with E-state index in [-0.39, 0.29) is 42.7 Å². The molecule has 0 spiro atoms. The molecular weight excluding hydrogens is 325 g/mol. The molecule has 1 heterocycles. The number of rotatable bonds is 2. The molecular formula is C15H21Cl2N3O2. The highest BCUT2D eigenvalue weighted by atomic mass is 35.5. The molecule has 0 saturated heterocycles. The molecule has 122 valence electrons. The molecule has 0 aliphatic heterocycles. The summed E-state index contributed by atoms with van der Waals surface area (Å²) in [7, 11) is 0. The molecule has 7 heteroatoms. The number of carbonyl (C=O) groups is 1. The molecule has 1 saturated carbocycles. The number of fused-ring (bicyclic) bond motifs is 1. The smallest absolute Gasteiger partial charge is 0.227 e. The maximum atomic E-state index is 12.2. The van der Waals surface area contributed by atoms with Crippen molar-refractivity contribution in [3.05, 3.63) is 24.1 Å². The van der Waals surface area contributed by atoms with Gasteiger partial charge in [-0.25, -0.2) is 4.98 Å². The normalized spacial score (nSPS) is 20.8. The van der Waals surface area contributed by atoms with Crippen molar-refractivity contribution in [2.24, 2.45) is 11.7 Å². The minimum absolute atomic E-state index is 0. The van der Waals surface area contributed by atoms with Crippen LogP contribution in [0, 0.1) is 12.8 Å². The van der Waals surface area contributed by atoms with E-state index in [0.29, 0.717) is 5.89 Å². The van der Waals surface area contributed by atoms with Gasteiger partial charge in [-0.3, -0.25) is 4.79 Å². The van der Waals surface area contributed by atoms with Gasteiger partial charge in [-0.15, -0.1) is 24.8 Å². The van der Waals surface area contributed by atoms with Crippen LogP contribution in [0.5, 0.6) is 0 Å². The van der Waals surface area contributed by atoms with E-state index in [2.05, 4.69) is 10.3 Å². The average Bonchev–Trinajstić information content (AvgIpc) is 2.78. The van der Waals surface area contributed by atoms with Gasteiger partial charge in [-0.1, -0.05) is 6.42 Å². The molecule has 1 aliphatic carbocycles. The quantitative estimate of drug-likeness (QED) is 0.873. The lowest BCUT2D eigenvalue weighted by molar-refractivity contribution is -0.120. The molecule has 3 rings (SSSR count). The number of oxazole rings is 1. The number of benzene rings is 1. The summed E-state index contributed by atoms with van der Waals surface area (Å²) in [6.07, 6.45) is 3.75. The Morgan fingerprint density at radius 2 is 2.14 bits per heavy atom. The number of hydrogen-bond donors (Lipinski definition) is 2. The van der Waals surface area contributed by atoms with E-state index in [1.807, 2.05) is 25.1 Å². The van der Waals surface area contributed by atoms with E-state index in [9.17, 15) is 4.79 Å². The van der Waals surface area contributed by atoms with Gasteiger partial charge >= 0.3 is 0 Å². The third-order valence-corrected chi connectivity index (χ3v) is 3.85. The van der Waals surface area contributed by atoms with Gasteiger partial charge in [0.1, 0.15) is 5.52 Å². The molecule has 1 aliphatic rings. The van der Waals surface area contributed by atoms with Gasteiger partial charge in [0.2, 0.25) is 5.91 Å². The predicted molar refractivity (Wildman–Crippen MR) is 91.8 cm³/mol. The number of amides is 1. The summed E-state index contributed by atoms with van der Waals surface area (Å²) in [6, 6.07) is 5.66. The summed E-state index contributed by atoms with van der Waals surface area (Å²) in [5.41, 5.74) is 8.19. The second kappa shape index (κ2) is 7.81. The molecule has 0 bridgehead atoms. The number of anilines is 1. The monoisotopic (exact) mass is 345 g/mol. The second-order valence-corrected chi connectivity index (χ2v) is 5.53. The highest BCUT2D eigenvalue weighted by molar-refractivity contribution is 5.94. The summed E-state index contributed by atoms with van der Waals surface area (Å²) in [5.74, 6) is 0.704. The highest BCUT2D eigenvalue weighted by Gasteiger charge is 2.25. The lowest BCUT2D eigenvalue weighted by Gasteiger charge is -2.25. The van der Waals surface area contributed by atoms with Crippen LogP contribution in [-0.2, 0) is 4.79 Å². The van der Waals surface area contributed by atoms with Crippen LogP contribution in [0.15, 0.2) is 22.6 Å². The fraction of sp³-hybridized carbons (Fsp3) is 0.467. The number of nitrogens with zero attached hydrogens (tertiary/aromatic N) is 1. The lowest BCUT2D eigenvalue weighted by Crippen LogP contribution is -2.34. The zero-order chi connectivity index (χ0) is 14.1. The molecule has 2 aromatic rings. The number of carbonyl (C=O) groups excluding carboxylic acids is 1. The Labute approximate surface area is 141 Å². The summed E-state index contributed by atoms with van der Waals surface area (Å²) in [6.45, 7) is 1.81. The molecule has 22 heavy (non-hydrogen) atoms. The predicted octanol–water partition coefficient (Wildman–Crippen LogP) is 3.44. The van der Waals surface area contributed by atoms with E-state index in [1.165, 1.54) is 0 Å². The topological polar surface area (TPSA) is 81.2 Å². The molecule has 1 aromatic heterocycles. The van der Waals surface area contributed by atoms with Gasteiger partial charge in [0.25, 0.3) is 0 Å². The van der Waals surface area contributed by atoms with Crippen LogP contribution in [-0.4, -0.2) is 16.9 Å². The van der Waals surface area contributed by atoms with Crippen LogP contribution in [0.1, 0.15) is 31.6 Å². The standard InChI is InChI=1S/C15H19N3O2.2ClH/c1-9-17-13-8-12(5-6-14(13)20-9)18-15(19)10-3-2-4-11(16)7-10;;/h5-6,8,10-11H,2-4,7,16H2,1H3,(H,18,19);2*1H.